The van der Waals surface area contributed by atoms with Crippen LogP contribution in [0.15, 0.2) is 30.9 Å². The molecule has 23 heavy (non-hydrogen) atoms. The molecule has 0 radical (unpaired) electrons. The second kappa shape index (κ2) is 6.78. The summed E-state index contributed by atoms with van der Waals surface area (Å²) >= 11 is 0. The zero-order valence-electron chi connectivity index (χ0n) is 13.0. The fraction of sp³-hybridized carbons (Fsp3) is 0.438. The Bertz CT molecular complexity index is 685. The number of aryl methyl sites for hydroxylation is 1. The monoisotopic (exact) mass is 316 g/mol. The van der Waals surface area contributed by atoms with E-state index in [4.69, 9.17) is 4.74 Å². The molecule has 7 heteroatoms. The maximum atomic E-state index is 12.5. The normalized spacial score (nSPS) is 21.1. The summed E-state index contributed by atoms with van der Waals surface area (Å²) in [6.45, 7) is 0.982. The molecule has 2 N–H and O–H groups in total. The Morgan fingerprint density at radius 1 is 1.48 bits per heavy atom. The molecule has 1 aliphatic heterocycles. The Kier molecular flexibility index (Phi) is 4.57. The van der Waals surface area contributed by atoms with Gasteiger partial charge in [-0.2, -0.15) is 5.10 Å². The van der Waals surface area contributed by atoms with Gasteiger partial charge in [0.2, 0.25) is 5.91 Å². The highest BCUT2D eigenvalue weighted by Gasteiger charge is 2.33. The van der Waals surface area contributed by atoms with Gasteiger partial charge in [0.15, 0.2) is 0 Å². The molecular formula is C16H20N4O3. The summed E-state index contributed by atoms with van der Waals surface area (Å²) in [5.74, 6) is -0.203. The Labute approximate surface area is 134 Å². The maximum Gasteiger partial charge on any atom is 0.226 e. The fourth-order valence-corrected chi connectivity index (χ4v) is 2.86. The third-order valence-electron chi connectivity index (χ3n) is 3.96. The maximum absolute atomic E-state index is 12.5. The zero-order valence-corrected chi connectivity index (χ0v) is 13.0. The standard InChI is InChI=1S/C16H20N4O3/c1-20-10-12(8-19-20)15-14(3-2-4-23-15)16(22)18-7-11-5-13(21)9-17-6-11/h5-6,8-10,14-15,21H,2-4,7H2,1H3,(H,18,22)/t14-,15+/m1/s1. The Balaban J connectivity index is 1.66. The van der Waals surface area contributed by atoms with Gasteiger partial charge in [0, 0.05) is 38.2 Å². The first-order valence-corrected chi connectivity index (χ1v) is 7.64. The lowest BCUT2D eigenvalue weighted by Crippen LogP contribution is -2.37. The van der Waals surface area contributed by atoms with Crippen LogP contribution in [-0.2, 0) is 23.1 Å². The molecule has 0 aliphatic carbocycles. The van der Waals surface area contributed by atoms with Crippen molar-refractivity contribution in [3.05, 3.63) is 42.0 Å². The van der Waals surface area contributed by atoms with E-state index < -0.39 is 0 Å². The van der Waals surface area contributed by atoms with Crippen LogP contribution in [0.5, 0.6) is 5.75 Å². The van der Waals surface area contributed by atoms with E-state index in [1.54, 1.807) is 23.1 Å². The number of hydrogen-bond donors (Lipinski definition) is 2. The quantitative estimate of drug-likeness (QED) is 0.887. The fourth-order valence-electron chi connectivity index (χ4n) is 2.86. The second-order valence-electron chi connectivity index (χ2n) is 5.76. The number of rotatable bonds is 4. The van der Waals surface area contributed by atoms with Gasteiger partial charge < -0.3 is 15.2 Å². The smallest absolute Gasteiger partial charge is 0.226 e. The summed E-state index contributed by atoms with van der Waals surface area (Å²) < 4.78 is 7.52. The van der Waals surface area contributed by atoms with E-state index in [2.05, 4.69) is 15.4 Å². The number of carbonyl (C=O) groups is 1. The van der Waals surface area contributed by atoms with E-state index >= 15 is 0 Å². The van der Waals surface area contributed by atoms with Crippen molar-refractivity contribution in [2.45, 2.75) is 25.5 Å². The molecule has 2 aromatic rings. The van der Waals surface area contributed by atoms with E-state index in [0.717, 1.165) is 24.0 Å². The number of pyridine rings is 1. The minimum absolute atomic E-state index is 0.0538. The van der Waals surface area contributed by atoms with Crippen LogP contribution in [0, 0.1) is 5.92 Å². The van der Waals surface area contributed by atoms with Gasteiger partial charge in [0.1, 0.15) is 5.75 Å². The van der Waals surface area contributed by atoms with E-state index in [0.29, 0.717) is 13.2 Å². The van der Waals surface area contributed by atoms with Crippen molar-refractivity contribution in [1.82, 2.24) is 20.1 Å². The van der Waals surface area contributed by atoms with Crippen molar-refractivity contribution in [3.8, 4) is 5.75 Å². The molecule has 1 fully saturated rings. The number of carbonyl (C=O) groups excluding carboxylic acids is 1. The highest BCUT2D eigenvalue weighted by Crippen LogP contribution is 2.33. The van der Waals surface area contributed by atoms with Gasteiger partial charge in [-0.1, -0.05) is 0 Å². The molecule has 7 nitrogen and oxygen atoms in total. The molecule has 1 amide bonds. The predicted molar refractivity (Wildman–Crippen MR) is 82.4 cm³/mol. The van der Waals surface area contributed by atoms with E-state index in [1.165, 1.54) is 6.20 Å². The number of nitrogens with one attached hydrogen (secondary N) is 1. The lowest BCUT2D eigenvalue weighted by Gasteiger charge is -2.30. The largest absolute Gasteiger partial charge is 0.506 e. The molecule has 0 saturated carbocycles. The van der Waals surface area contributed by atoms with Crippen LogP contribution in [0.1, 0.15) is 30.1 Å². The third-order valence-corrected chi connectivity index (χ3v) is 3.96. The number of aromatic nitrogens is 3. The summed E-state index contributed by atoms with van der Waals surface area (Å²) in [7, 11) is 1.84. The summed E-state index contributed by atoms with van der Waals surface area (Å²) in [4.78, 5) is 16.4. The van der Waals surface area contributed by atoms with Gasteiger partial charge in [-0.25, -0.2) is 0 Å². The molecule has 0 spiro atoms. The second-order valence-corrected chi connectivity index (χ2v) is 5.76. The number of amides is 1. The molecule has 1 saturated heterocycles. The van der Waals surface area contributed by atoms with Crippen molar-refractivity contribution >= 4 is 5.91 Å². The zero-order chi connectivity index (χ0) is 16.2. The number of nitrogens with zero attached hydrogens (tertiary/aromatic N) is 3. The van der Waals surface area contributed by atoms with Crippen LogP contribution in [0.3, 0.4) is 0 Å². The molecule has 3 heterocycles. The van der Waals surface area contributed by atoms with Gasteiger partial charge in [-0.15, -0.1) is 0 Å². The molecular weight excluding hydrogens is 296 g/mol. The first-order chi connectivity index (χ1) is 11.1. The van der Waals surface area contributed by atoms with E-state index in [1.807, 2.05) is 13.2 Å². The average molecular weight is 316 g/mol. The summed E-state index contributed by atoms with van der Waals surface area (Å²) in [5.41, 5.74) is 1.68. The molecule has 0 bridgehead atoms. The molecule has 122 valence electrons. The van der Waals surface area contributed by atoms with Crippen molar-refractivity contribution in [3.63, 3.8) is 0 Å². The van der Waals surface area contributed by atoms with Gasteiger partial charge >= 0.3 is 0 Å². The first kappa shape index (κ1) is 15.5. The molecule has 3 rings (SSSR count). The molecule has 2 atom stereocenters. The summed E-state index contributed by atoms with van der Waals surface area (Å²) in [6, 6.07) is 1.59. The lowest BCUT2D eigenvalue weighted by molar-refractivity contribution is -0.134. The van der Waals surface area contributed by atoms with Crippen LogP contribution in [-0.4, -0.2) is 32.4 Å². The van der Waals surface area contributed by atoms with Gasteiger partial charge in [-0.3, -0.25) is 14.5 Å². The van der Waals surface area contributed by atoms with Crippen molar-refractivity contribution < 1.29 is 14.6 Å². The summed E-state index contributed by atoms with van der Waals surface area (Å²) in [5, 5.41) is 16.5. The molecule has 0 aromatic carbocycles. The Hall–Kier alpha value is -2.41. The van der Waals surface area contributed by atoms with Gasteiger partial charge in [0.25, 0.3) is 0 Å². The highest BCUT2D eigenvalue weighted by molar-refractivity contribution is 5.79. The summed E-state index contributed by atoms with van der Waals surface area (Å²) in [6.07, 6.45) is 7.99. The lowest BCUT2D eigenvalue weighted by atomic mass is 9.90. The minimum atomic E-state index is -0.264. The Morgan fingerprint density at radius 2 is 2.35 bits per heavy atom. The average Bonchev–Trinajstić information content (AvgIpc) is 2.99. The van der Waals surface area contributed by atoms with Gasteiger partial charge in [-0.05, 0) is 24.5 Å². The molecule has 0 unspecified atom stereocenters. The minimum Gasteiger partial charge on any atom is -0.506 e. The first-order valence-electron chi connectivity index (χ1n) is 7.64. The topological polar surface area (TPSA) is 89.3 Å². The number of ether oxygens (including phenoxy) is 1. The third kappa shape index (κ3) is 3.68. The van der Waals surface area contributed by atoms with E-state index in [-0.39, 0.29) is 23.7 Å². The van der Waals surface area contributed by atoms with Crippen LogP contribution >= 0.6 is 0 Å². The van der Waals surface area contributed by atoms with Crippen molar-refractivity contribution in [1.29, 1.82) is 0 Å². The van der Waals surface area contributed by atoms with Crippen molar-refractivity contribution in [2.24, 2.45) is 13.0 Å². The van der Waals surface area contributed by atoms with E-state index in [9.17, 15) is 9.90 Å². The van der Waals surface area contributed by atoms with Crippen LogP contribution in [0.4, 0.5) is 0 Å². The predicted octanol–water partition coefficient (Wildman–Crippen LogP) is 1.30. The number of aromatic hydroxyl groups is 1. The molecule has 1 aliphatic rings. The van der Waals surface area contributed by atoms with Crippen LogP contribution in [0.2, 0.25) is 0 Å². The van der Waals surface area contributed by atoms with Crippen LogP contribution < -0.4 is 5.32 Å². The molecule has 2 aromatic heterocycles. The highest BCUT2D eigenvalue weighted by atomic mass is 16.5. The number of hydrogen-bond acceptors (Lipinski definition) is 5. The Morgan fingerprint density at radius 3 is 3.09 bits per heavy atom. The van der Waals surface area contributed by atoms with Crippen molar-refractivity contribution in [2.75, 3.05) is 6.61 Å². The van der Waals surface area contributed by atoms with Gasteiger partial charge in [0.05, 0.1) is 24.4 Å². The SMILES string of the molecule is Cn1cc([C@@H]2OCCC[C@H]2C(=O)NCc2cncc(O)c2)cn1. The van der Waals surface area contributed by atoms with Crippen LogP contribution in [0.25, 0.3) is 0 Å².